The Kier molecular flexibility index (Phi) is 2.35. The molecule has 14 heavy (non-hydrogen) atoms. The summed E-state index contributed by atoms with van der Waals surface area (Å²) in [7, 11) is 0. The van der Waals surface area contributed by atoms with Crippen LogP contribution in [0.15, 0.2) is 61.0 Å². The molecular formula is C13H11N. The maximum absolute atomic E-state index is 3.50. The maximum Gasteiger partial charge on any atom is 0.0435 e. The number of fused-ring (bicyclic) bond motifs is 1. The van der Waals surface area contributed by atoms with Crippen molar-refractivity contribution in [1.82, 2.24) is 0 Å². The van der Waals surface area contributed by atoms with Crippen LogP contribution in [0.3, 0.4) is 0 Å². The first-order valence-corrected chi connectivity index (χ1v) is 4.50. The molecule has 0 aromatic heterocycles. The Labute approximate surface area is 83.4 Å². The molecule has 0 unspecified atom stereocenters. The molecule has 0 fully saturated rings. The second-order valence-corrected chi connectivity index (χ2v) is 3.05. The van der Waals surface area contributed by atoms with E-state index in [2.05, 4.69) is 41.9 Å². The Bertz CT molecular complexity index is 493. The van der Waals surface area contributed by atoms with Gasteiger partial charge < -0.3 is 5.32 Å². The normalized spacial score (nSPS) is 9.43. The molecule has 0 spiro atoms. The topological polar surface area (TPSA) is 12.0 Å². The van der Waals surface area contributed by atoms with E-state index in [1.807, 2.05) is 18.2 Å². The third-order valence-corrected chi connectivity index (χ3v) is 2.09. The summed E-state index contributed by atoms with van der Waals surface area (Å²) >= 11 is 0. The van der Waals surface area contributed by atoms with Gasteiger partial charge in [0.1, 0.15) is 0 Å². The first-order chi connectivity index (χ1) is 6.90. The van der Waals surface area contributed by atoms with Crippen LogP contribution in [-0.4, -0.2) is 0 Å². The maximum atomic E-state index is 3.50. The monoisotopic (exact) mass is 181 g/mol. The first-order valence-electron chi connectivity index (χ1n) is 4.50. The van der Waals surface area contributed by atoms with Crippen LogP contribution in [0, 0.1) is 0 Å². The van der Waals surface area contributed by atoms with Crippen molar-refractivity contribution >= 4 is 16.5 Å². The van der Waals surface area contributed by atoms with Gasteiger partial charge in [-0.3, -0.25) is 0 Å². The van der Waals surface area contributed by atoms with Crippen LogP contribution in [0.4, 0.5) is 5.69 Å². The lowest BCUT2D eigenvalue weighted by Crippen LogP contribution is -1.85. The van der Waals surface area contributed by atoms with Crippen LogP contribution in [0.5, 0.6) is 0 Å². The predicted molar refractivity (Wildman–Crippen MR) is 61.3 cm³/mol. The molecule has 2 aromatic carbocycles. The third-order valence-electron chi connectivity index (χ3n) is 2.09. The molecule has 1 nitrogen and oxygen atoms in total. The van der Waals surface area contributed by atoms with Crippen molar-refractivity contribution in [1.29, 1.82) is 0 Å². The lowest BCUT2D eigenvalue weighted by atomic mass is 10.1. The molecular weight excluding hydrogens is 170 g/mol. The third kappa shape index (κ3) is 1.68. The van der Waals surface area contributed by atoms with Crippen molar-refractivity contribution in [2.75, 3.05) is 5.32 Å². The van der Waals surface area contributed by atoms with E-state index in [4.69, 9.17) is 0 Å². The van der Waals surface area contributed by atoms with E-state index >= 15 is 0 Å². The van der Waals surface area contributed by atoms with Gasteiger partial charge in [-0.05, 0) is 22.9 Å². The average molecular weight is 181 g/mol. The molecule has 0 aliphatic rings. The highest BCUT2D eigenvalue weighted by Gasteiger charge is 1.92. The van der Waals surface area contributed by atoms with Gasteiger partial charge >= 0.3 is 0 Å². The fourth-order valence-electron chi connectivity index (χ4n) is 1.41. The van der Waals surface area contributed by atoms with E-state index in [-0.39, 0.29) is 0 Å². The van der Waals surface area contributed by atoms with Crippen LogP contribution >= 0.6 is 0 Å². The predicted octanol–water partition coefficient (Wildman–Crippen LogP) is 3.55. The average Bonchev–Trinajstić information content (AvgIpc) is 2.26. The van der Waals surface area contributed by atoms with Crippen molar-refractivity contribution in [3.63, 3.8) is 0 Å². The van der Waals surface area contributed by atoms with Crippen molar-refractivity contribution in [3.8, 4) is 0 Å². The summed E-state index contributed by atoms with van der Waals surface area (Å²) in [5, 5.41) is 5.57. The number of nitrogens with one attached hydrogen (secondary N) is 1. The molecule has 0 atom stereocenters. The Morgan fingerprint density at radius 1 is 1.07 bits per heavy atom. The minimum atomic E-state index is 1.06. The second kappa shape index (κ2) is 3.82. The quantitative estimate of drug-likeness (QED) is 0.698. The zero-order valence-electron chi connectivity index (χ0n) is 7.83. The summed E-state index contributed by atoms with van der Waals surface area (Å²) in [5.74, 6) is 0. The molecule has 1 heteroatoms. The first kappa shape index (κ1) is 8.61. The molecule has 0 bridgehead atoms. The fraction of sp³-hybridized carbons (Fsp3) is 0. The highest BCUT2D eigenvalue weighted by Crippen LogP contribution is 2.18. The second-order valence-electron chi connectivity index (χ2n) is 3.05. The lowest BCUT2D eigenvalue weighted by Gasteiger charge is -2.01. The van der Waals surface area contributed by atoms with E-state index < -0.39 is 0 Å². The zero-order chi connectivity index (χ0) is 9.80. The van der Waals surface area contributed by atoms with Gasteiger partial charge in [-0.2, -0.15) is 0 Å². The van der Waals surface area contributed by atoms with Crippen LogP contribution in [0.25, 0.3) is 10.8 Å². The largest absolute Gasteiger partial charge is 0.355 e. The Balaban J connectivity index is 2.45. The molecule has 0 aliphatic carbocycles. The fourth-order valence-corrected chi connectivity index (χ4v) is 1.41. The summed E-state index contributed by atoms with van der Waals surface area (Å²) in [6.07, 6.45) is 1.70. The van der Waals surface area contributed by atoms with Crippen molar-refractivity contribution in [2.24, 2.45) is 0 Å². The van der Waals surface area contributed by atoms with E-state index in [0.29, 0.717) is 0 Å². The van der Waals surface area contributed by atoms with Gasteiger partial charge in [0.25, 0.3) is 0 Å². The van der Waals surface area contributed by atoms with Gasteiger partial charge in [-0.1, -0.05) is 36.9 Å². The zero-order valence-corrected chi connectivity index (χ0v) is 7.83. The summed E-state index contributed by atoms with van der Waals surface area (Å²) in [4.78, 5) is 0. The van der Waals surface area contributed by atoms with E-state index in [0.717, 1.165) is 5.69 Å². The SMILES string of the molecule is C=C=CNc1ccc2ccccc2c1. The van der Waals surface area contributed by atoms with Gasteiger partial charge in [-0.15, -0.1) is 5.73 Å². The smallest absolute Gasteiger partial charge is 0.0435 e. The van der Waals surface area contributed by atoms with Crippen LogP contribution in [-0.2, 0) is 0 Å². The summed E-state index contributed by atoms with van der Waals surface area (Å²) in [6.45, 7) is 3.50. The van der Waals surface area contributed by atoms with E-state index in [1.165, 1.54) is 10.8 Å². The summed E-state index contributed by atoms with van der Waals surface area (Å²) in [6, 6.07) is 14.5. The number of hydrogen-bond donors (Lipinski definition) is 1. The lowest BCUT2D eigenvalue weighted by molar-refractivity contribution is 1.62. The Morgan fingerprint density at radius 2 is 1.86 bits per heavy atom. The molecule has 0 radical (unpaired) electrons. The highest BCUT2D eigenvalue weighted by molar-refractivity contribution is 5.85. The van der Waals surface area contributed by atoms with E-state index in [9.17, 15) is 0 Å². The van der Waals surface area contributed by atoms with Crippen molar-refractivity contribution in [3.05, 3.63) is 61.0 Å². The van der Waals surface area contributed by atoms with Crippen LogP contribution in [0.2, 0.25) is 0 Å². The Morgan fingerprint density at radius 3 is 2.64 bits per heavy atom. The molecule has 2 rings (SSSR count). The van der Waals surface area contributed by atoms with Gasteiger partial charge in [-0.25, -0.2) is 0 Å². The van der Waals surface area contributed by atoms with Crippen molar-refractivity contribution < 1.29 is 0 Å². The van der Waals surface area contributed by atoms with Crippen LogP contribution in [0.1, 0.15) is 0 Å². The number of rotatable bonds is 2. The van der Waals surface area contributed by atoms with Crippen LogP contribution < -0.4 is 5.32 Å². The molecule has 0 amide bonds. The molecule has 2 aromatic rings. The minimum absolute atomic E-state index is 1.06. The van der Waals surface area contributed by atoms with Gasteiger partial charge in [0, 0.05) is 11.9 Å². The van der Waals surface area contributed by atoms with Crippen molar-refractivity contribution in [2.45, 2.75) is 0 Å². The number of anilines is 1. The van der Waals surface area contributed by atoms with Gasteiger partial charge in [0.05, 0.1) is 0 Å². The van der Waals surface area contributed by atoms with Gasteiger partial charge in [0.15, 0.2) is 0 Å². The summed E-state index contributed by atoms with van der Waals surface area (Å²) in [5.41, 5.74) is 3.73. The molecule has 1 N–H and O–H groups in total. The molecule has 0 saturated heterocycles. The molecule has 0 saturated carbocycles. The number of hydrogen-bond acceptors (Lipinski definition) is 1. The summed E-state index contributed by atoms with van der Waals surface area (Å²) < 4.78 is 0. The van der Waals surface area contributed by atoms with Gasteiger partial charge in [0.2, 0.25) is 0 Å². The Hall–Kier alpha value is -1.98. The standard InChI is InChI=1S/C13H11N/c1-2-9-14-13-8-7-11-5-3-4-6-12(11)10-13/h3-10,14H,1H2. The molecule has 0 heterocycles. The minimum Gasteiger partial charge on any atom is -0.355 e. The molecule has 0 aliphatic heterocycles. The van der Waals surface area contributed by atoms with E-state index in [1.54, 1.807) is 6.20 Å². The highest BCUT2D eigenvalue weighted by atomic mass is 14.8. The number of benzene rings is 2. The molecule has 68 valence electrons.